The SMILES string of the molecule is Cc1cccc(C(=O)CCN2CCC3CCCCC32)c1. The van der Waals surface area contributed by atoms with Gasteiger partial charge in [0.05, 0.1) is 0 Å². The summed E-state index contributed by atoms with van der Waals surface area (Å²) in [7, 11) is 0. The highest BCUT2D eigenvalue weighted by Crippen LogP contribution is 2.36. The summed E-state index contributed by atoms with van der Waals surface area (Å²) in [6, 6.07) is 8.76. The van der Waals surface area contributed by atoms with Gasteiger partial charge in [0, 0.05) is 24.6 Å². The molecule has 1 aliphatic carbocycles. The molecule has 108 valence electrons. The van der Waals surface area contributed by atoms with Crippen LogP contribution < -0.4 is 0 Å². The third-order valence-electron chi connectivity index (χ3n) is 5.09. The highest BCUT2D eigenvalue weighted by Gasteiger charge is 2.35. The number of likely N-dealkylation sites (tertiary alicyclic amines) is 1. The molecule has 2 nitrogen and oxygen atoms in total. The molecular weight excluding hydrogens is 246 g/mol. The summed E-state index contributed by atoms with van der Waals surface area (Å²) < 4.78 is 0. The van der Waals surface area contributed by atoms with Crippen LogP contribution in [0.2, 0.25) is 0 Å². The maximum Gasteiger partial charge on any atom is 0.164 e. The summed E-state index contributed by atoms with van der Waals surface area (Å²) in [5, 5.41) is 0. The standard InChI is InChI=1S/C18H25NO/c1-14-5-4-7-16(13-14)18(20)10-12-19-11-9-15-6-2-3-8-17(15)19/h4-5,7,13,15,17H,2-3,6,8-12H2,1H3. The van der Waals surface area contributed by atoms with Crippen molar-refractivity contribution in [2.75, 3.05) is 13.1 Å². The number of rotatable bonds is 4. The molecule has 1 saturated carbocycles. The van der Waals surface area contributed by atoms with Gasteiger partial charge in [0.15, 0.2) is 5.78 Å². The average molecular weight is 271 g/mol. The van der Waals surface area contributed by atoms with E-state index in [9.17, 15) is 4.79 Å². The monoisotopic (exact) mass is 271 g/mol. The van der Waals surface area contributed by atoms with Crippen molar-refractivity contribution in [1.82, 2.24) is 4.90 Å². The highest BCUT2D eigenvalue weighted by atomic mass is 16.1. The first-order valence-electron chi connectivity index (χ1n) is 8.08. The van der Waals surface area contributed by atoms with Crippen LogP contribution in [0.5, 0.6) is 0 Å². The minimum absolute atomic E-state index is 0.299. The van der Waals surface area contributed by atoms with E-state index >= 15 is 0 Å². The van der Waals surface area contributed by atoms with Crippen LogP contribution >= 0.6 is 0 Å². The lowest BCUT2D eigenvalue weighted by Crippen LogP contribution is -2.36. The molecule has 2 unspecified atom stereocenters. The zero-order valence-corrected chi connectivity index (χ0v) is 12.5. The Kier molecular flexibility index (Phi) is 4.21. The number of carbonyl (C=O) groups excluding carboxylic acids is 1. The van der Waals surface area contributed by atoms with Crippen molar-refractivity contribution in [3.63, 3.8) is 0 Å². The number of fused-ring (bicyclic) bond motifs is 1. The van der Waals surface area contributed by atoms with Crippen LogP contribution in [-0.2, 0) is 0 Å². The number of carbonyl (C=O) groups is 1. The second-order valence-electron chi connectivity index (χ2n) is 6.48. The fourth-order valence-electron chi connectivity index (χ4n) is 3.99. The van der Waals surface area contributed by atoms with Gasteiger partial charge in [-0.2, -0.15) is 0 Å². The molecule has 1 aromatic rings. The topological polar surface area (TPSA) is 20.3 Å². The molecule has 1 saturated heterocycles. The summed E-state index contributed by atoms with van der Waals surface area (Å²) in [6.07, 6.45) is 7.58. The molecule has 0 bridgehead atoms. The van der Waals surface area contributed by atoms with Crippen LogP contribution in [-0.4, -0.2) is 29.8 Å². The summed E-state index contributed by atoms with van der Waals surface area (Å²) in [4.78, 5) is 14.9. The molecule has 0 amide bonds. The van der Waals surface area contributed by atoms with Crippen LogP contribution in [0.4, 0.5) is 0 Å². The summed E-state index contributed by atoms with van der Waals surface area (Å²) in [5.41, 5.74) is 2.05. The number of ketones is 1. The number of nitrogens with zero attached hydrogens (tertiary/aromatic N) is 1. The summed E-state index contributed by atoms with van der Waals surface area (Å²) >= 11 is 0. The van der Waals surface area contributed by atoms with Crippen molar-refractivity contribution >= 4 is 5.78 Å². The first kappa shape index (κ1) is 13.8. The Bertz CT molecular complexity index is 482. The lowest BCUT2D eigenvalue weighted by molar-refractivity contribution is 0.0951. The molecule has 1 heterocycles. The summed E-state index contributed by atoms with van der Waals surface area (Å²) in [6.45, 7) is 4.20. The Morgan fingerprint density at radius 2 is 2.10 bits per heavy atom. The molecule has 0 aromatic heterocycles. The van der Waals surface area contributed by atoms with E-state index in [-0.39, 0.29) is 0 Å². The predicted octanol–water partition coefficient (Wildman–Crippen LogP) is 3.83. The molecule has 0 spiro atoms. The number of benzene rings is 1. The van der Waals surface area contributed by atoms with Crippen molar-refractivity contribution in [3.8, 4) is 0 Å². The smallest absolute Gasteiger partial charge is 0.164 e. The minimum Gasteiger partial charge on any atom is -0.300 e. The Morgan fingerprint density at radius 1 is 1.25 bits per heavy atom. The van der Waals surface area contributed by atoms with Crippen LogP contribution in [0.15, 0.2) is 24.3 Å². The van der Waals surface area contributed by atoms with E-state index in [1.807, 2.05) is 31.2 Å². The Morgan fingerprint density at radius 3 is 2.95 bits per heavy atom. The van der Waals surface area contributed by atoms with Gasteiger partial charge in [0.2, 0.25) is 0 Å². The molecule has 2 fully saturated rings. The molecule has 3 rings (SSSR count). The van der Waals surface area contributed by atoms with Gasteiger partial charge in [-0.05, 0) is 44.7 Å². The number of hydrogen-bond donors (Lipinski definition) is 0. The lowest BCUT2D eigenvalue weighted by Gasteiger charge is -2.31. The number of Topliss-reactive ketones (excluding diaryl/α,β-unsaturated/α-hetero) is 1. The van der Waals surface area contributed by atoms with Gasteiger partial charge in [-0.1, -0.05) is 36.6 Å². The summed E-state index contributed by atoms with van der Waals surface area (Å²) in [5.74, 6) is 1.21. The van der Waals surface area contributed by atoms with Gasteiger partial charge < -0.3 is 0 Å². The lowest BCUT2D eigenvalue weighted by atomic mass is 9.85. The number of aryl methyl sites for hydroxylation is 1. The number of hydrogen-bond acceptors (Lipinski definition) is 2. The van der Waals surface area contributed by atoms with E-state index in [2.05, 4.69) is 4.90 Å². The van der Waals surface area contributed by atoms with Crippen LogP contribution in [0, 0.1) is 12.8 Å². The largest absolute Gasteiger partial charge is 0.300 e. The fourth-order valence-corrected chi connectivity index (χ4v) is 3.99. The zero-order valence-electron chi connectivity index (χ0n) is 12.5. The average Bonchev–Trinajstić information content (AvgIpc) is 2.88. The molecular formula is C18H25NO. The van der Waals surface area contributed by atoms with Crippen molar-refractivity contribution in [2.45, 2.75) is 51.5 Å². The second kappa shape index (κ2) is 6.09. The first-order chi connectivity index (χ1) is 9.74. The van der Waals surface area contributed by atoms with E-state index < -0.39 is 0 Å². The van der Waals surface area contributed by atoms with Gasteiger partial charge >= 0.3 is 0 Å². The van der Waals surface area contributed by atoms with Crippen LogP contribution in [0.1, 0.15) is 54.4 Å². The molecule has 2 heteroatoms. The molecule has 20 heavy (non-hydrogen) atoms. The third kappa shape index (κ3) is 2.95. The maximum atomic E-state index is 12.3. The van der Waals surface area contributed by atoms with Gasteiger partial charge in [-0.15, -0.1) is 0 Å². The van der Waals surface area contributed by atoms with Gasteiger partial charge in [-0.25, -0.2) is 0 Å². The highest BCUT2D eigenvalue weighted by molar-refractivity contribution is 5.96. The molecule has 0 radical (unpaired) electrons. The predicted molar refractivity (Wildman–Crippen MR) is 82.1 cm³/mol. The van der Waals surface area contributed by atoms with Gasteiger partial charge in [-0.3, -0.25) is 9.69 Å². The van der Waals surface area contributed by atoms with Gasteiger partial charge in [0.25, 0.3) is 0 Å². The van der Waals surface area contributed by atoms with E-state index in [4.69, 9.17) is 0 Å². The first-order valence-corrected chi connectivity index (χ1v) is 8.08. The van der Waals surface area contributed by atoms with Gasteiger partial charge in [0.1, 0.15) is 0 Å². The fraction of sp³-hybridized carbons (Fsp3) is 0.611. The molecule has 0 N–H and O–H groups in total. The van der Waals surface area contributed by atoms with Crippen LogP contribution in [0.3, 0.4) is 0 Å². The Balaban J connectivity index is 1.55. The molecule has 1 aliphatic heterocycles. The zero-order chi connectivity index (χ0) is 13.9. The van der Waals surface area contributed by atoms with Crippen molar-refractivity contribution < 1.29 is 4.79 Å². The third-order valence-corrected chi connectivity index (χ3v) is 5.09. The van der Waals surface area contributed by atoms with E-state index in [0.717, 1.165) is 24.1 Å². The van der Waals surface area contributed by atoms with E-state index in [1.54, 1.807) is 0 Å². The van der Waals surface area contributed by atoms with Crippen molar-refractivity contribution in [3.05, 3.63) is 35.4 Å². The second-order valence-corrected chi connectivity index (χ2v) is 6.48. The molecule has 2 aliphatic rings. The Hall–Kier alpha value is -1.15. The minimum atomic E-state index is 0.299. The molecule has 2 atom stereocenters. The van der Waals surface area contributed by atoms with E-state index in [0.29, 0.717) is 12.2 Å². The quantitative estimate of drug-likeness (QED) is 0.776. The molecule has 1 aromatic carbocycles. The Labute approximate surface area is 122 Å². The normalized spacial score (nSPS) is 26.4. The van der Waals surface area contributed by atoms with Crippen molar-refractivity contribution in [2.24, 2.45) is 5.92 Å². The van der Waals surface area contributed by atoms with E-state index in [1.165, 1.54) is 44.2 Å². The van der Waals surface area contributed by atoms with Crippen LogP contribution in [0.25, 0.3) is 0 Å². The maximum absolute atomic E-state index is 12.3. The van der Waals surface area contributed by atoms with Crippen molar-refractivity contribution in [1.29, 1.82) is 0 Å².